The maximum Gasteiger partial charge on any atom is 0.252 e. The van der Waals surface area contributed by atoms with Crippen LogP contribution in [-0.2, 0) is 37.9 Å². The first-order valence-corrected chi connectivity index (χ1v) is 48.2. The molecule has 0 saturated carbocycles. The number of hydrogen-bond acceptors (Lipinski definition) is 2. The average molecular weight is 1720 g/mol. The van der Waals surface area contributed by atoms with E-state index in [-0.39, 0.29) is 39.2 Å². The molecule has 2 aromatic heterocycles. The van der Waals surface area contributed by atoms with E-state index in [1.807, 2.05) is 0 Å². The van der Waals surface area contributed by atoms with E-state index in [2.05, 4.69) is 480 Å². The standard InChI is InChI=1S/C128H115BN4/c1-122(2,3)80-46-31-44-77(62-80)95-64-79(74-38-25-22-26-39-74)65-96(78-45-32-47-81(63-78)123(4,5)6)121(95)133-104-69-84(131-107-72-99(127(16,17)18)93-56-36-52-89-90-53-37-57-94-100(128(19,20)21)73-108(131)118(114(90)94)117(107)113(89)93)59-61-102(104)129-101-60-58-83(130-105-70-97(125(10,11)12)91-54-34-50-87-88-51-35-55-92-98(126(13,14)15)71-106(130)116(112(88)92)115(105)111(87)91)68-103(101)132(109-66-82(124(7,8)9)67-110(133)119(109)129)120-85(75-40-27-23-28-41-75)48-33-49-86(120)76-42-29-24-30-43-76/h22-73H,1-21H3. The summed E-state index contributed by atoms with van der Waals surface area (Å²) in [6, 6.07) is 125. The average Bonchev–Trinajstić information content (AvgIpc) is 1.50. The minimum atomic E-state index is -0.406. The number of para-hydroxylation sites is 1. The fraction of sp³-hybridized carbons (Fsp3) is 0.219. The van der Waals surface area contributed by atoms with E-state index < -0.39 is 5.41 Å². The molecule has 0 amide bonds. The molecule has 0 radical (unpaired) electrons. The van der Waals surface area contributed by atoms with Gasteiger partial charge in [0.05, 0.1) is 33.4 Å². The van der Waals surface area contributed by atoms with Crippen molar-refractivity contribution in [3.8, 4) is 67.0 Å². The van der Waals surface area contributed by atoms with Crippen molar-refractivity contribution in [3.63, 3.8) is 0 Å². The maximum atomic E-state index is 2.83. The molecule has 24 rings (SSSR count). The molecule has 2 aliphatic rings. The van der Waals surface area contributed by atoms with Crippen LogP contribution in [0.5, 0.6) is 0 Å². The van der Waals surface area contributed by atoms with Crippen LogP contribution in [0.25, 0.3) is 175 Å². The molecule has 0 N–H and O–H groups in total. The van der Waals surface area contributed by atoms with Gasteiger partial charge in [-0.1, -0.05) is 388 Å². The number of fused-ring (bicyclic) bond motifs is 6. The van der Waals surface area contributed by atoms with Gasteiger partial charge < -0.3 is 18.9 Å². The number of nitrogens with zero attached hydrogens (tertiary/aromatic N) is 4. The summed E-state index contributed by atoms with van der Waals surface area (Å²) in [7, 11) is 0. The fourth-order valence-electron chi connectivity index (χ4n) is 23.8. The third-order valence-corrected chi connectivity index (χ3v) is 30.2. The van der Waals surface area contributed by atoms with E-state index in [1.165, 1.54) is 164 Å². The summed E-state index contributed by atoms with van der Waals surface area (Å²) in [5.74, 6) is 0. The van der Waals surface area contributed by atoms with Crippen molar-refractivity contribution in [1.82, 2.24) is 9.13 Å². The quantitative estimate of drug-likeness (QED) is 0.0813. The van der Waals surface area contributed by atoms with Crippen LogP contribution in [0.4, 0.5) is 34.1 Å². The van der Waals surface area contributed by atoms with Gasteiger partial charge >= 0.3 is 0 Å². The first-order chi connectivity index (χ1) is 63.4. The first kappa shape index (κ1) is 82.4. The third kappa shape index (κ3) is 12.3. The molecule has 20 aromatic carbocycles. The molecule has 0 unspecified atom stereocenters. The van der Waals surface area contributed by atoms with Crippen LogP contribution in [0.15, 0.2) is 315 Å². The second kappa shape index (κ2) is 28.4. The number of rotatable bonds is 9. The summed E-state index contributed by atoms with van der Waals surface area (Å²) in [6.07, 6.45) is 0. The largest absolute Gasteiger partial charge is 0.310 e. The SMILES string of the molecule is CC(C)(C)c1cccc(-c2cc(-c3ccccc3)cc(-c3cccc(C(C)(C)C)c3)c2N2c3cc(-n4c5cc(C(C)(C)C)c6cccc7c8cccc9c(C(C)(C)C)cc4c(c98)c5c67)ccc3B3c4ccc(-n5c6cc(C(C)(C)C)c7cccc8c9cccc%10c(C(C)(C)C)cc5c(c%109)c6c78)cc4N(c4c(-c5ccccc5)cccc4-c4ccccc4)c4cc(C(C)(C)C)cc2c43)c1. The zero-order valence-corrected chi connectivity index (χ0v) is 80.9. The lowest BCUT2D eigenvalue weighted by atomic mass is 9.33. The van der Waals surface area contributed by atoms with Crippen LogP contribution in [0, 0.1) is 0 Å². The molecule has 0 bridgehead atoms. The van der Waals surface area contributed by atoms with Gasteiger partial charge in [0, 0.05) is 77.9 Å². The summed E-state index contributed by atoms with van der Waals surface area (Å²) in [5, 5.41) is 21.2. The molecular weight excluding hydrogens is 1600 g/mol. The van der Waals surface area contributed by atoms with Gasteiger partial charge in [0.1, 0.15) is 0 Å². The Hall–Kier alpha value is -13.7. The molecule has 0 fully saturated rings. The molecule has 0 saturated heterocycles. The van der Waals surface area contributed by atoms with E-state index in [0.717, 1.165) is 101 Å². The van der Waals surface area contributed by atoms with Crippen molar-refractivity contribution in [2.45, 2.75) is 183 Å². The zero-order valence-electron chi connectivity index (χ0n) is 80.9. The van der Waals surface area contributed by atoms with Crippen molar-refractivity contribution >= 4 is 165 Å². The molecule has 5 heteroatoms. The molecule has 22 aromatic rings. The van der Waals surface area contributed by atoms with Crippen molar-refractivity contribution < 1.29 is 0 Å². The number of benzene rings is 20. The van der Waals surface area contributed by atoms with E-state index in [0.29, 0.717) is 0 Å². The minimum Gasteiger partial charge on any atom is -0.310 e. The number of anilines is 6. The van der Waals surface area contributed by atoms with Crippen LogP contribution < -0.4 is 26.2 Å². The summed E-state index contributed by atoms with van der Waals surface area (Å²) in [4.78, 5) is 5.62. The Morgan fingerprint density at radius 3 is 0.812 bits per heavy atom. The van der Waals surface area contributed by atoms with Gasteiger partial charge in [-0.3, -0.25) is 0 Å². The summed E-state index contributed by atoms with van der Waals surface area (Å²) < 4.78 is 5.44. The van der Waals surface area contributed by atoms with Crippen LogP contribution in [0.1, 0.15) is 184 Å². The Kier molecular flexibility index (Phi) is 17.6. The van der Waals surface area contributed by atoms with Gasteiger partial charge in [-0.05, 0) is 264 Å². The topological polar surface area (TPSA) is 16.3 Å². The predicted molar refractivity (Wildman–Crippen MR) is 577 cm³/mol. The molecule has 0 atom stereocenters. The van der Waals surface area contributed by atoms with E-state index >= 15 is 0 Å². The molecule has 0 aliphatic carbocycles. The Morgan fingerprint density at radius 1 is 0.195 bits per heavy atom. The lowest BCUT2D eigenvalue weighted by molar-refractivity contribution is 0.590. The number of aromatic nitrogens is 2. The normalized spacial score (nSPS) is 13.7. The van der Waals surface area contributed by atoms with Crippen LogP contribution in [0.3, 0.4) is 0 Å². The highest BCUT2D eigenvalue weighted by molar-refractivity contribution is 7.00. The van der Waals surface area contributed by atoms with Crippen LogP contribution >= 0.6 is 0 Å². The zero-order chi connectivity index (χ0) is 91.9. The summed E-state index contributed by atoms with van der Waals surface area (Å²) in [5.41, 5.74) is 36.7. The summed E-state index contributed by atoms with van der Waals surface area (Å²) >= 11 is 0. The lowest BCUT2D eigenvalue weighted by Crippen LogP contribution is -2.61. The molecule has 133 heavy (non-hydrogen) atoms. The molecule has 4 heterocycles. The molecule has 650 valence electrons. The molecule has 0 spiro atoms. The Balaban J connectivity index is 0.904. The highest BCUT2D eigenvalue weighted by Crippen LogP contribution is 2.60. The molecular formula is C128H115BN4. The Morgan fingerprint density at radius 2 is 0.489 bits per heavy atom. The highest BCUT2D eigenvalue weighted by atomic mass is 15.2. The van der Waals surface area contributed by atoms with Crippen LogP contribution in [0.2, 0.25) is 0 Å². The smallest absolute Gasteiger partial charge is 0.252 e. The second-order valence-electron chi connectivity index (χ2n) is 46.0. The highest BCUT2D eigenvalue weighted by Gasteiger charge is 2.48. The van der Waals surface area contributed by atoms with Gasteiger partial charge in [-0.25, -0.2) is 0 Å². The summed E-state index contributed by atoms with van der Waals surface area (Å²) in [6.45, 7) is 50.2. The molecule has 4 nitrogen and oxygen atoms in total. The van der Waals surface area contributed by atoms with E-state index in [1.54, 1.807) is 0 Å². The number of hydrogen-bond donors (Lipinski definition) is 0. The fourth-order valence-corrected chi connectivity index (χ4v) is 23.8. The van der Waals surface area contributed by atoms with Gasteiger partial charge in [-0.15, -0.1) is 0 Å². The van der Waals surface area contributed by atoms with Crippen molar-refractivity contribution in [1.29, 1.82) is 0 Å². The van der Waals surface area contributed by atoms with Gasteiger partial charge in [-0.2, -0.15) is 0 Å². The maximum absolute atomic E-state index is 2.83. The Labute approximate surface area is 783 Å². The minimum absolute atomic E-state index is 0.180. The molecule has 2 aliphatic heterocycles. The first-order valence-electron chi connectivity index (χ1n) is 48.2. The third-order valence-electron chi connectivity index (χ3n) is 30.2. The second-order valence-corrected chi connectivity index (χ2v) is 46.0. The Bertz CT molecular complexity index is 8200. The van der Waals surface area contributed by atoms with Gasteiger partial charge in [0.25, 0.3) is 6.71 Å². The van der Waals surface area contributed by atoms with E-state index in [4.69, 9.17) is 0 Å². The van der Waals surface area contributed by atoms with Crippen molar-refractivity contribution in [2.75, 3.05) is 9.80 Å². The van der Waals surface area contributed by atoms with Gasteiger partial charge in [0.15, 0.2) is 0 Å². The lowest BCUT2D eigenvalue weighted by Gasteiger charge is -2.46. The van der Waals surface area contributed by atoms with Gasteiger partial charge in [0.2, 0.25) is 0 Å². The van der Waals surface area contributed by atoms with E-state index in [9.17, 15) is 0 Å². The van der Waals surface area contributed by atoms with Crippen molar-refractivity contribution in [2.24, 2.45) is 0 Å². The predicted octanol–water partition coefficient (Wildman–Crippen LogP) is 34.1. The monoisotopic (exact) mass is 1720 g/mol. The van der Waals surface area contributed by atoms with Crippen molar-refractivity contribution in [3.05, 3.63) is 354 Å². The van der Waals surface area contributed by atoms with Crippen LogP contribution in [-0.4, -0.2) is 15.8 Å².